The molecule has 0 aromatic heterocycles. The molecule has 1 saturated heterocycles. The van der Waals surface area contributed by atoms with Gasteiger partial charge in [0.2, 0.25) is 0 Å². The Balaban J connectivity index is 1.50. The third kappa shape index (κ3) is 3.10. The molecule has 0 amide bonds. The first-order valence-electron chi connectivity index (χ1n) is 7.33. The van der Waals surface area contributed by atoms with Gasteiger partial charge in [0.1, 0.15) is 0 Å². The Morgan fingerprint density at radius 3 is 2.83 bits per heavy atom. The van der Waals surface area contributed by atoms with Crippen molar-refractivity contribution < 1.29 is 0 Å². The maximum atomic E-state index is 3.81. The van der Waals surface area contributed by atoms with E-state index in [-0.39, 0.29) is 0 Å². The second-order valence-electron chi connectivity index (χ2n) is 5.61. The van der Waals surface area contributed by atoms with Crippen molar-refractivity contribution in [1.29, 1.82) is 0 Å². The van der Waals surface area contributed by atoms with Crippen LogP contribution < -0.4 is 5.32 Å². The quantitative estimate of drug-likeness (QED) is 0.895. The van der Waals surface area contributed by atoms with Crippen molar-refractivity contribution in [1.82, 2.24) is 5.32 Å². The van der Waals surface area contributed by atoms with E-state index in [2.05, 4.69) is 41.3 Å². The predicted octanol–water partition coefficient (Wildman–Crippen LogP) is 3.42. The molecule has 1 heterocycles. The van der Waals surface area contributed by atoms with E-state index in [4.69, 9.17) is 0 Å². The standard InChI is InChI=1S/C16H23NS/c1-2-6-14-11-15(9-8-13(14)5-1)17-12-16-7-3-4-10-18-16/h1-2,5-6,15-17H,3-4,7-12H2. The van der Waals surface area contributed by atoms with E-state index in [0.717, 1.165) is 5.25 Å². The zero-order valence-electron chi connectivity index (χ0n) is 11.0. The van der Waals surface area contributed by atoms with Gasteiger partial charge in [-0.25, -0.2) is 0 Å². The van der Waals surface area contributed by atoms with Gasteiger partial charge in [0.25, 0.3) is 0 Å². The molecule has 1 aromatic rings. The normalized spacial score (nSPS) is 27.8. The van der Waals surface area contributed by atoms with Crippen LogP contribution in [0.5, 0.6) is 0 Å². The molecule has 1 N–H and O–H groups in total. The van der Waals surface area contributed by atoms with E-state index in [0.29, 0.717) is 6.04 Å². The van der Waals surface area contributed by atoms with E-state index in [9.17, 15) is 0 Å². The molecule has 1 aliphatic heterocycles. The van der Waals surface area contributed by atoms with E-state index >= 15 is 0 Å². The van der Waals surface area contributed by atoms with Crippen LogP contribution in [0.25, 0.3) is 0 Å². The third-order valence-electron chi connectivity index (χ3n) is 4.26. The fourth-order valence-electron chi connectivity index (χ4n) is 3.14. The summed E-state index contributed by atoms with van der Waals surface area (Å²) in [4.78, 5) is 0. The number of aryl methyl sites for hydroxylation is 1. The van der Waals surface area contributed by atoms with Crippen LogP contribution in [0, 0.1) is 0 Å². The van der Waals surface area contributed by atoms with Crippen LogP contribution in [-0.4, -0.2) is 23.6 Å². The first-order chi connectivity index (χ1) is 8.92. The number of nitrogens with one attached hydrogen (secondary N) is 1. The Morgan fingerprint density at radius 1 is 1.11 bits per heavy atom. The fraction of sp³-hybridized carbons (Fsp3) is 0.625. The molecule has 2 atom stereocenters. The van der Waals surface area contributed by atoms with Gasteiger partial charge in [-0.05, 0) is 49.0 Å². The van der Waals surface area contributed by atoms with E-state index in [1.807, 2.05) is 0 Å². The SMILES string of the molecule is c1ccc2c(c1)CCC(NCC1CCCCS1)C2. The summed E-state index contributed by atoms with van der Waals surface area (Å²) in [7, 11) is 0. The maximum absolute atomic E-state index is 3.81. The van der Waals surface area contributed by atoms with Crippen molar-refractivity contribution in [3.8, 4) is 0 Å². The van der Waals surface area contributed by atoms with E-state index in [1.165, 1.54) is 50.8 Å². The monoisotopic (exact) mass is 261 g/mol. The molecule has 0 radical (unpaired) electrons. The van der Waals surface area contributed by atoms with Gasteiger partial charge < -0.3 is 5.32 Å². The highest BCUT2D eigenvalue weighted by Crippen LogP contribution is 2.25. The van der Waals surface area contributed by atoms with Crippen molar-refractivity contribution in [2.75, 3.05) is 12.3 Å². The molecule has 0 spiro atoms. The second kappa shape index (κ2) is 6.12. The number of hydrogen-bond acceptors (Lipinski definition) is 2. The van der Waals surface area contributed by atoms with Gasteiger partial charge in [0.15, 0.2) is 0 Å². The summed E-state index contributed by atoms with van der Waals surface area (Å²) in [6.45, 7) is 1.22. The fourth-order valence-corrected chi connectivity index (χ4v) is 4.39. The van der Waals surface area contributed by atoms with Crippen LogP contribution in [-0.2, 0) is 12.8 Å². The van der Waals surface area contributed by atoms with Crippen LogP contribution in [0.15, 0.2) is 24.3 Å². The molecular formula is C16H23NS. The maximum Gasteiger partial charge on any atom is 0.0172 e. The van der Waals surface area contributed by atoms with Crippen LogP contribution in [0.1, 0.15) is 36.8 Å². The highest BCUT2D eigenvalue weighted by Gasteiger charge is 2.20. The molecule has 1 fully saturated rings. The van der Waals surface area contributed by atoms with E-state index < -0.39 is 0 Å². The lowest BCUT2D eigenvalue weighted by Gasteiger charge is -2.28. The van der Waals surface area contributed by atoms with Gasteiger partial charge >= 0.3 is 0 Å². The number of hydrogen-bond donors (Lipinski definition) is 1. The lowest BCUT2D eigenvalue weighted by atomic mass is 9.88. The third-order valence-corrected chi connectivity index (χ3v) is 5.65. The number of benzene rings is 1. The van der Waals surface area contributed by atoms with Crippen molar-refractivity contribution >= 4 is 11.8 Å². The highest BCUT2D eigenvalue weighted by molar-refractivity contribution is 7.99. The van der Waals surface area contributed by atoms with Crippen LogP contribution in [0.2, 0.25) is 0 Å². The lowest BCUT2D eigenvalue weighted by molar-refractivity contribution is 0.450. The summed E-state index contributed by atoms with van der Waals surface area (Å²) >= 11 is 2.17. The van der Waals surface area contributed by atoms with Crippen LogP contribution >= 0.6 is 11.8 Å². The number of rotatable bonds is 3. The zero-order chi connectivity index (χ0) is 12.2. The Bertz CT molecular complexity index is 384. The summed E-state index contributed by atoms with van der Waals surface area (Å²) in [5, 5.41) is 4.68. The van der Waals surface area contributed by atoms with Gasteiger partial charge in [0, 0.05) is 17.8 Å². The van der Waals surface area contributed by atoms with Gasteiger partial charge in [0.05, 0.1) is 0 Å². The molecule has 18 heavy (non-hydrogen) atoms. The molecule has 2 unspecified atom stereocenters. The summed E-state index contributed by atoms with van der Waals surface area (Å²) in [5.74, 6) is 1.37. The molecule has 1 nitrogen and oxygen atoms in total. The highest BCUT2D eigenvalue weighted by atomic mass is 32.2. The first kappa shape index (κ1) is 12.6. The topological polar surface area (TPSA) is 12.0 Å². The predicted molar refractivity (Wildman–Crippen MR) is 80.4 cm³/mol. The molecule has 1 aromatic carbocycles. The Labute approximate surface area is 115 Å². The number of thioether (sulfide) groups is 1. The lowest BCUT2D eigenvalue weighted by Crippen LogP contribution is -2.38. The van der Waals surface area contributed by atoms with Gasteiger partial charge in [-0.3, -0.25) is 0 Å². The Kier molecular flexibility index (Phi) is 4.27. The molecule has 98 valence electrons. The molecule has 0 saturated carbocycles. The van der Waals surface area contributed by atoms with Crippen molar-refractivity contribution in [3.05, 3.63) is 35.4 Å². The largest absolute Gasteiger partial charge is 0.313 e. The Hall–Kier alpha value is -0.470. The second-order valence-corrected chi connectivity index (χ2v) is 7.01. The molecule has 2 heteroatoms. The minimum absolute atomic E-state index is 0.711. The van der Waals surface area contributed by atoms with Gasteiger partial charge in [-0.2, -0.15) is 11.8 Å². The van der Waals surface area contributed by atoms with Crippen molar-refractivity contribution in [2.24, 2.45) is 0 Å². The van der Waals surface area contributed by atoms with Crippen molar-refractivity contribution in [2.45, 2.75) is 49.8 Å². The number of fused-ring (bicyclic) bond motifs is 1. The average molecular weight is 261 g/mol. The summed E-state index contributed by atoms with van der Waals surface area (Å²) in [6, 6.07) is 9.66. The van der Waals surface area contributed by atoms with Crippen molar-refractivity contribution in [3.63, 3.8) is 0 Å². The minimum Gasteiger partial charge on any atom is -0.313 e. The minimum atomic E-state index is 0.711. The molecule has 2 aliphatic rings. The van der Waals surface area contributed by atoms with Gasteiger partial charge in [-0.1, -0.05) is 30.7 Å². The zero-order valence-corrected chi connectivity index (χ0v) is 11.8. The van der Waals surface area contributed by atoms with Crippen LogP contribution in [0.4, 0.5) is 0 Å². The molecule has 3 rings (SSSR count). The molecule has 0 bridgehead atoms. The molecule has 1 aliphatic carbocycles. The summed E-state index contributed by atoms with van der Waals surface area (Å²) < 4.78 is 0. The molecular weight excluding hydrogens is 238 g/mol. The van der Waals surface area contributed by atoms with Crippen LogP contribution in [0.3, 0.4) is 0 Å². The van der Waals surface area contributed by atoms with E-state index in [1.54, 1.807) is 11.1 Å². The average Bonchev–Trinajstić information content (AvgIpc) is 2.46. The van der Waals surface area contributed by atoms with Gasteiger partial charge in [-0.15, -0.1) is 0 Å². The summed E-state index contributed by atoms with van der Waals surface area (Å²) in [6.07, 6.45) is 8.08. The summed E-state index contributed by atoms with van der Waals surface area (Å²) in [5.41, 5.74) is 3.14. The smallest absolute Gasteiger partial charge is 0.0172 e. The Morgan fingerprint density at radius 2 is 2.00 bits per heavy atom. The first-order valence-corrected chi connectivity index (χ1v) is 8.38.